The number of amides is 14. The lowest BCUT2D eigenvalue weighted by molar-refractivity contribution is -0.146. The summed E-state index contributed by atoms with van der Waals surface area (Å²) in [5.74, 6) is -16.5. The number of likely N-dealkylation sites (tertiary alicyclic amines) is 1. The molecule has 1 aliphatic heterocycles. The van der Waals surface area contributed by atoms with Gasteiger partial charge in [-0.05, 0) is 84.4 Å². The number of aliphatic carboxylic acids is 1. The van der Waals surface area contributed by atoms with Crippen LogP contribution < -0.4 is 75.7 Å². The van der Waals surface area contributed by atoms with Crippen molar-refractivity contribution in [3.05, 3.63) is 102 Å². The molecule has 35 nitrogen and oxygen atoms in total. The number of fused-ring (bicyclic) bond motifs is 2. The monoisotopic (exact) mass is 1550 g/mol. The molecule has 5 aromatic rings. The summed E-state index contributed by atoms with van der Waals surface area (Å²) in [4.78, 5) is 213. The molecule has 1 aliphatic rings. The molecule has 0 unspecified atom stereocenters. The average Bonchev–Trinajstić information content (AvgIpc) is 1.74. The van der Waals surface area contributed by atoms with E-state index in [9.17, 15) is 87.2 Å². The number of carboxylic acids is 1. The minimum atomic E-state index is -1.83. The molecule has 6 rings (SSSR count). The number of para-hydroxylation sites is 2. The van der Waals surface area contributed by atoms with Crippen molar-refractivity contribution >= 4 is 136 Å². The first-order valence-corrected chi connectivity index (χ1v) is 36.8. The van der Waals surface area contributed by atoms with Crippen LogP contribution in [0.15, 0.2) is 85.2 Å². The lowest BCUT2D eigenvalue weighted by atomic mass is 10.00. The number of aliphatic hydroxyl groups is 1. The zero-order valence-electron chi connectivity index (χ0n) is 61.2. The molecule has 3 aromatic carbocycles. The van der Waals surface area contributed by atoms with Crippen LogP contribution >= 0.6 is 25.3 Å². The predicted molar refractivity (Wildman–Crippen MR) is 405 cm³/mol. The maximum Gasteiger partial charge on any atom is 0.328 e. The van der Waals surface area contributed by atoms with Gasteiger partial charge in [0.1, 0.15) is 72.2 Å². The number of hydrogen-bond donors (Lipinski definition) is 21. The van der Waals surface area contributed by atoms with E-state index in [1.807, 2.05) is 0 Å². The number of benzene rings is 3. The molecule has 3 heterocycles. The first-order chi connectivity index (χ1) is 51.6. The zero-order chi connectivity index (χ0) is 80.5. The van der Waals surface area contributed by atoms with Crippen molar-refractivity contribution in [2.45, 2.75) is 172 Å². The highest BCUT2D eigenvalue weighted by atomic mass is 32.1. The number of nitrogens with two attached hydrogens (primary N) is 3. The molecule has 1 saturated heterocycles. The molecule has 0 spiro atoms. The van der Waals surface area contributed by atoms with Crippen LogP contribution in [0.2, 0.25) is 0 Å². The Morgan fingerprint density at radius 2 is 0.991 bits per heavy atom. The third-order valence-corrected chi connectivity index (χ3v) is 18.8. The summed E-state index contributed by atoms with van der Waals surface area (Å²) in [7, 11) is 0. The summed E-state index contributed by atoms with van der Waals surface area (Å²) in [6.45, 7) is 8.28. The van der Waals surface area contributed by atoms with E-state index in [0.29, 0.717) is 44.9 Å². The van der Waals surface area contributed by atoms with E-state index in [-0.39, 0.29) is 68.9 Å². The molecule has 14 amide bonds. The van der Waals surface area contributed by atoms with Gasteiger partial charge in [0, 0.05) is 77.9 Å². The van der Waals surface area contributed by atoms with E-state index >= 15 is 0 Å². The zero-order valence-corrected chi connectivity index (χ0v) is 63.0. The number of nitrogens with one attached hydrogen (secondary N) is 13. The number of nitrogens with zero attached hydrogens (tertiary/aromatic N) is 1. The van der Waals surface area contributed by atoms with Gasteiger partial charge in [-0.1, -0.05) is 90.1 Å². The maximum absolute atomic E-state index is 14.6. The van der Waals surface area contributed by atoms with E-state index in [2.05, 4.69) is 93.7 Å². The Bertz CT molecular complexity index is 4100. The smallest absolute Gasteiger partial charge is 0.328 e. The molecule has 1 fully saturated rings. The van der Waals surface area contributed by atoms with Crippen molar-refractivity contribution in [3.8, 4) is 5.75 Å². The number of rotatable bonds is 42. The van der Waals surface area contributed by atoms with Crippen LogP contribution in [0.1, 0.15) is 96.8 Å². The van der Waals surface area contributed by atoms with Crippen LogP contribution in [0.5, 0.6) is 5.75 Å². The number of aromatic amines is 2. The molecular formula is C72H99N17O18S2. The molecule has 109 heavy (non-hydrogen) atoms. The highest BCUT2D eigenvalue weighted by Crippen LogP contribution is 2.24. The van der Waals surface area contributed by atoms with E-state index in [4.69, 9.17) is 17.2 Å². The minimum Gasteiger partial charge on any atom is -0.508 e. The molecule has 592 valence electrons. The molecule has 0 aliphatic carbocycles. The number of carbonyl (C=O) groups is 15. The van der Waals surface area contributed by atoms with Crippen molar-refractivity contribution in [2.75, 3.05) is 31.2 Å². The average molecular weight is 1550 g/mol. The number of aliphatic hydroxyl groups excluding tert-OH is 1. The molecule has 12 atom stereocenters. The summed E-state index contributed by atoms with van der Waals surface area (Å²) in [5, 5.41) is 58.1. The number of carbonyl (C=O) groups excluding carboxylic acids is 14. The summed E-state index contributed by atoms with van der Waals surface area (Å²) in [5.41, 5.74) is 19.8. The first kappa shape index (κ1) is 87.1. The van der Waals surface area contributed by atoms with Crippen LogP contribution in [-0.4, -0.2) is 223 Å². The number of carboxylic acid groups (broad SMARTS) is 1. The second-order valence-corrected chi connectivity index (χ2v) is 28.4. The van der Waals surface area contributed by atoms with E-state index in [1.54, 1.807) is 102 Å². The number of primary amides is 2. The standard InChI is InChI=1S/C72H99N17O18S2/c1-35(2)24-51(71(105)89-23-11-16-55(89)68(102)84-52(32-90)72(106)107)83-67(101)54(34-109)86-69(103)59(36(3)4)87-58(94)31-78-62(96)48(26-39-29-76-45-14-9-7-12-42(39)45)82-70(104)60(37(5)6)88-65(99)50(28-57(75)93)81-66(100)53(33-108)85-64(98)49(27-40-30-77-46-15-10-8-13-43(40)46)80-63(97)47(25-38-17-19-41(91)20-18-38)79-61(95)44(73)21-22-56(74)92/h7-10,12-15,17-20,29-30,35-37,44,47-55,59-60,76-77,90-91,108-109H,11,16,21-28,31-34,73H2,1-6H3,(H2,74,92)(H2,75,93)(H,78,96)(H,79,95)(H,80,97)(H,81,100)(H,82,104)(H,83,101)(H,84,102)(H,85,98)(H,86,103)(H,87,94)(H,88,99)(H,106,107)/t44-,47-,48-,49-,50-,51-,52-,53-,54-,55-,59-,60-/m0/s1. The molecule has 37 heteroatoms. The fraction of sp³-hybridized carbons (Fsp3) is 0.486. The number of phenolic OH excluding ortho intramolecular Hbond substituents is 1. The summed E-state index contributed by atoms with van der Waals surface area (Å²) in [6.07, 6.45) is 1.98. The Kier molecular flexibility index (Phi) is 33.2. The van der Waals surface area contributed by atoms with Gasteiger partial charge < -0.3 is 106 Å². The van der Waals surface area contributed by atoms with Gasteiger partial charge >= 0.3 is 5.97 Å². The topological polar surface area (TPSA) is 562 Å². The van der Waals surface area contributed by atoms with Crippen molar-refractivity contribution in [1.82, 2.24) is 73.4 Å². The number of hydrogen-bond acceptors (Lipinski definition) is 20. The van der Waals surface area contributed by atoms with Crippen LogP contribution in [0.25, 0.3) is 21.8 Å². The quantitative estimate of drug-likeness (QED) is 0.0174. The third kappa shape index (κ3) is 25.7. The number of aromatic nitrogens is 2. The normalized spacial score (nSPS) is 15.8. The van der Waals surface area contributed by atoms with Gasteiger partial charge in [0.25, 0.3) is 0 Å². The van der Waals surface area contributed by atoms with Crippen LogP contribution in [0.4, 0.5) is 0 Å². The maximum atomic E-state index is 14.6. The number of H-pyrrole nitrogens is 2. The van der Waals surface area contributed by atoms with Gasteiger partial charge in [0.15, 0.2) is 0 Å². The predicted octanol–water partition coefficient (Wildman–Crippen LogP) is -2.90. The van der Waals surface area contributed by atoms with Crippen LogP contribution in [0, 0.1) is 17.8 Å². The van der Waals surface area contributed by atoms with Gasteiger partial charge in [-0.25, -0.2) is 4.79 Å². The van der Waals surface area contributed by atoms with Gasteiger partial charge in [-0.15, -0.1) is 0 Å². The van der Waals surface area contributed by atoms with E-state index in [0.717, 1.165) is 0 Å². The van der Waals surface area contributed by atoms with Crippen LogP contribution in [0.3, 0.4) is 0 Å². The van der Waals surface area contributed by atoms with Gasteiger partial charge in [0.2, 0.25) is 82.7 Å². The van der Waals surface area contributed by atoms with Crippen molar-refractivity contribution < 1.29 is 87.2 Å². The minimum absolute atomic E-state index is 0.0876. The van der Waals surface area contributed by atoms with Gasteiger partial charge in [-0.2, -0.15) is 25.3 Å². The lowest BCUT2D eigenvalue weighted by Gasteiger charge is -2.31. The second-order valence-electron chi connectivity index (χ2n) is 27.7. The van der Waals surface area contributed by atoms with Gasteiger partial charge in [0.05, 0.1) is 25.6 Å². The fourth-order valence-corrected chi connectivity index (χ4v) is 12.7. The second kappa shape index (κ2) is 41.5. The Morgan fingerprint density at radius 3 is 1.50 bits per heavy atom. The third-order valence-electron chi connectivity index (χ3n) is 18.1. The van der Waals surface area contributed by atoms with Crippen LogP contribution in [-0.2, 0) is 91.2 Å². The molecule has 0 saturated carbocycles. The molecule has 2 aromatic heterocycles. The number of thiol groups is 2. The molecular weight excluding hydrogens is 1460 g/mol. The Balaban J connectivity index is 1.15. The van der Waals surface area contributed by atoms with Crippen molar-refractivity contribution in [3.63, 3.8) is 0 Å². The molecule has 0 radical (unpaired) electrons. The molecule has 0 bridgehead atoms. The first-order valence-electron chi connectivity index (χ1n) is 35.5. The molecule has 22 N–H and O–H groups in total. The fourth-order valence-electron chi connectivity index (χ4n) is 12.1. The Labute approximate surface area is 639 Å². The Morgan fingerprint density at radius 1 is 0.532 bits per heavy atom. The number of aromatic hydroxyl groups is 1. The number of phenols is 1. The Hall–Kier alpha value is -10.8. The van der Waals surface area contributed by atoms with Crippen molar-refractivity contribution in [1.29, 1.82) is 0 Å². The summed E-state index contributed by atoms with van der Waals surface area (Å²) >= 11 is 8.62. The summed E-state index contributed by atoms with van der Waals surface area (Å²) < 4.78 is 0. The van der Waals surface area contributed by atoms with Gasteiger partial charge in [-0.3, -0.25) is 67.1 Å². The highest BCUT2D eigenvalue weighted by Gasteiger charge is 2.41. The van der Waals surface area contributed by atoms with E-state index in [1.165, 1.54) is 29.2 Å². The van der Waals surface area contributed by atoms with E-state index < -0.39 is 198 Å². The SMILES string of the molecule is CC(C)C[C@H](NC(=O)[C@H](CS)NC(=O)[C@@H](NC(=O)CNC(=O)[C@H](Cc1c[nH]c2ccccc12)NC(=O)[C@@H](NC(=O)[C@H](CC(N)=O)NC(=O)[C@H](CS)NC(=O)[C@H](Cc1c[nH]c2ccccc12)NC(=O)[C@H](Cc1ccc(O)cc1)NC(=O)[C@@H](N)CCC(N)=O)C(C)C)C(C)C)C(=O)N1CCC[C@H]1C(=O)N[C@@H](CO)C(=O)O. The lowest BCUT2D eigenvalue weighted by Crippen LogP contribution is -2.61. The largest absolute Gasteiger partial charge is 0.508 e. The highest BCUT2D eigenvalue weighted by molar-refractivity contribution is 7.80. The van der Waals surface area contributed by atoms with Crippen molar-refractivity contribution in [2.24, 2.45) is 35.0 Å². The summed E-state index contributed by atoms with van der Waals surface area (Å²) in [6, 6.07) is 2.41.